The predicted octanol–water partition coefficient (Wildman–Crippen LogP) is 2.53. The first-order valence-corrected chi connectivity index (χ1v) is 7.45. The van der Waals surface area contributed by atoms with Gasteiger partial charge in [0.1, 0.15) is 5.75 Å². The first kappa shape index (κ1) is 15.3. The summed E-state index contributed by atoms with van der Waals surface area (Å²) < 4.78 is 5.61. The first-order chi connectivity index (χ1) is 10.1. The summed E-state index contributed by atoms with van der Waals surface area (Å²) in [6.07, 6.45) is 1.84. The summed E-state index contributed by atoms with van der Waals surface area (Å²) in [6.45, 7) is 2.67. The van der Waals surface area contributed by atoms with Crippen LogP contribution >= 0.6 is 11.3 Å². The fraction of sp³-hybridized carbons (Fsp3) is 0.333. The van der Waals surface area contributed by atoms with Gasteiger partial charge < -0.3 is 15.0 Å². The molecule has 1 N–H and O–H groups in total. The number of carbonyl (C=O) groups excluding carboxylic acids is 1. The monoisotopic (exact) mass is 305 g/mol. The lowest BCUT2D eigenvalue weighted by Gasteiger charge is -2.14. The van der Waals surface area contributed by atoms with Gasteiger partial charge in [0.2, 0.25) is 0 Å². The van der Waals surface area contributed by atoms with Gasteiger partial charge in [0, 0.05) is 37.3 Å². The molecule has 2 aromatic rings. The fourth-order valence-corrected chi connectivity index (χ4v) is 2.33. The van der Waals surface area contributed by atoms with Gasteiger partial charge in [-0.2, -0.15) is 0 Å². The molecular weight excluding hydrogens is 286 g/mol. The third-order valence-corrected chi connectivity index (χ3v) is 3.74. The molecule has 1 heterocycles. The number of amides is 1. The molecule has 112 valence electrons. The van der Waals surface area contributed by atoms with Crippen molar-refractivity contribution in [2.75, 3.05) is 26.0 Å². The van der Waals surface area contributed by atoms with E-state index in [0.717, 1.165) is 10.7 Å². The molecule has 0 fully saturated rings. The second-order valence-electron chi connectivity index (χ2n) is 4.81. The third-order valence-electron chi connectivity index (χ3n) is 2.87. The molecule has 0 radical (unpaired) electrons. The van der Waals surface area contributed by atoms with E-state index in [1.54, 1.807) is 25.4 Å². The Balaban J connectivity index is 1.98. The Hall–Kier alpha value is -2.08. The molecule has 21 heavy (non-hydrogen) atoms. The number of thiazole rings is 1. The molecule has 0 atom stereocenters. The van der Waals surface area contributed by atoms with E-state index in [2.05, 4.69) is 10.3 Å². The highest BCUT2D eigenvalue weighted by atomic mass is 32.1. The second kappa shape index (κ2) is 7.08. The number of aromatic nitrogens is 1. The van der Waals surface area contributed by atoms with Gasteiger partial charge in [-0.15, -0.1) is 11.3 Å². The van der Waals surface area contributed by atoms with E-state index in [0.29, 0.717) is 12.3 Å². The average Bonchev–Trinajstić information content (AvgIpc) is 2.89. The highest BCUT2D eigenvalue weighted by Gasteiger charge is 2.08. The van der Waals surface area contributed by atoms with Gasteiger partial charge >= 0.3 is 0 Å². The summed E-state index contributed by atoms with van der Waals surface area (Å²) in [4.78, 5) is 18.5. The summed E-state index contributed by atoms with van der Waals surface area (Å²) in [5.41, 5.74) is 0.997. The van der Waals surface area contributed by atoms with Crippen LogP contribution in [0.2, 0.25) is 0 Å². The van der Waals surface area contributed by atoms with Crippen LogP contribution in [0.25, 0.3) is 0 Å². The predicted molar refractivity (Wildman–Crippen MR) is 84.8 cm³/mol. The number of anilines is 1. The minimum atomic E-state index is -0.0617. The van der Waals surface area contributed by atoms with Crippen molar-refractivity contribution in [3.8, 4) is 5.75 Å². The smallest absolute Gasteiger partial charge is 0.259 e. The number of para-hydroxylation sites is 1. The van der Waals surface area contributed by atoms with Crippen molar-refractivity contribution in [3.63, 3.8) is 0 Å². The van der Waals surface area contributed by atoms with E-state index in [1.807, 2.05) is 37.4 Å². The van der Waals surface area contributed by atoms with Gasteiger partial charge in [0.15, 0.2) is 11.7 Å². The van der Waals surface area contributed by atoms with Crippen LogP contribution in [-0.4, -0.2) is 36.5 Å². The Labute approximate surface area is 128 Å². The highest BCUT2D eigenvalue weighted by molar-refractivity contribution is 7.15. The van der Waals surface area contributed by atoms with Crippen molar-refractivity contribution in [2.45, 2.75) is 13.5 Å². The molecule has 2 rings (SSSR count). The molecule has 0 spiro atoms. The number of hydrogen-bond donors (Lipinski definition) is 1. The Bertz CT molecular complexity index is 610. The Morgan fingerprint density at radius 2 is 2.14 bits per heavy atom. The van der Waals surface area contributed by atoms with Crippen LogP contribution in [0.4, 0.5) is 5.13 Å². The third kappa shape index (κ3) is 4.46. The van der Waals surface area contributed by atoms with Crippen LogP contribution in [0.3, 0.4) is 0 Å². The highest BCUT2D eigenvalue weighted by Crippen LogP contribution is 2.21. The Morgan fingerprint density at radius 3 is 2.81 bits per heavy atom. The molecule has 1 aromatic heterocycles. The second-order valence-corrected chi connectivity index (χ2v) is 6.05. The molecule has 0 aliphatic carbocycles. The van der Waals surface area contributed by atoms with Crippen LogP contribution < -0.4 is 10.1 Å². The van der Waals surface area contributed by atoms with E-state index in [4.69, 9.17) is 4.74 Å². The standard InChI is InChI=1S/C15H19N3O2S/c1-11-8-16-15(21-11)17-9-12-6-4-5-7-13(12)20-10-14(19)18(2)3/h4-8H,9-10H2,1-3H3,(H,16,17). The number of nitrogens with zero attached hydrogens (tertiary/aromatic N) is 2. The SMILES string of the molecule is Cc1cnc(NCc2ccccc2OCC(=O)N(C)C)s1. The van der Waals surface area contributed by atoms with Crippen molar-refractivity contribution in [1.29, 1.82) is 0 Å². The summed E-state index contributed by atoms with van der Waals surface area (Å²) in [7, 11) is 3.42. The lowest BCUT2D eigenvalue weighted by atomic mass is 10.2. The van der Waals surface area contributed by atoms with Gasteiger partial charge in [-0.05, 0) is 13.0 Å². The number of carbonyl (C=O) groups is 1. The molecule has 1 amide bonds. The van der Waals surface area contributed by atoms with E-state index >= 15 is 0 Å². The van der Waals surface area contributed by atoms with Gasteiger partial charge in [-0.25, -0.2) is 4.98 Å². The van der Waals surface area contributed by atoms with Gasteiger partial charge in [-0.3, -0.25) is 4.79 Å². The Morgan fingerprint density at radius 1 is 1.38 bits per heavy atom. The van der Waals surface area contributed by atoms with E-state index in [-0.39, 0.29) is 12.5 Å². The summed E-state index contributed by atoms with van der Waals surface area (Å²) in [5, 5.41) is 4.15. The molecular formula is C15H19N3O2S. The zero-order chi connectivity index (χ0) is 15.2. The molecule has 0 unspecified atom stereocenters. The number of hydrogen-bond acceptors (Lipinski definition) is 5. The molecule has 6 heteroatoms. The van der Waals surface area contributed by atoms with E-state index in [1.165, 1.54) is 9.78 Å². The number of rotatable bonds is 6. The number of benzene rings is 1. The molecule has 0 aliphatic heterocycles. The molecule has 0 saturated heterocycles. The number of likely N-dealkylation sites (N-methyl/N-ethyl adjacent to an activating group) is 1. The van der Waals surface area contributed by atoms with Gasteiger partial charge in [0.25, 0.3) is 5.91 Å². The summed E-state index contributed by atoms with van der Waals surface area (Å²) >= 11 is 1.61. The first-order valence-electron chi connectivity index (χ1n) is 6.63. The van der Waals surface area contributed by atoms with E-state index < -0.39 is 0 Å². The van der Waals surface area contributed by atoms with Gasteiger partial charge in [0.05, 0.1) is 0 Å². The van der Waals surface area contributed by atoms with Gasteiger partial charge in [-0.1, -0.05) is 18.2 Å². The summed E-state index contributed by atoms with van der Waals surface area (Å²) in [5.74, 6) is 0.654. The molecule has 0 aliphatic rings. The quantitative estimate of drug-likeness (QED) is 0.891. The Kier molecular flexibility index (Phi) is 5.16. The average molecular weight is 305 g/mol. The van der Waals surface area contributed by atoms with Crippen molar-refractivity contribution in [3.05, 3.63) is 40.9 Å². The normalized spacial score (nSPS) is 10.2. The van der Waals surface area contributed by atoms with Crippen LogP contribution in [0.1, 0.15) is 10.4 Å². The van der Waals surface area contributed by atoms with Crippen molar-refractivity contribution >= 4 is 22.4 Å². The largest absolute Gasteiger partial charge is 0.483 e. The van der Waals surface area contributed by atoms with Crippen molar-refractivity contribution in [2.24, 2.45) is 0 Å². The number of ether oxygens (including phenoxy) is 1. The van der Waals surface area contributed by atoms with Crippen LogP contribution in [0.15, 0.2) is 30.5 Å². The van der Waals surface area contributed by atoms with E-state index in [9.17, 15) is 4.79 Å². The summed E-state index contributed by atoms with van der Waals surface area (Å²) in [6, 6.07) is 7.69. The fourth-order valence-electron chi connectivity index (χ4n) is 1.67. The molecule has 1 aromatic carbocycles. The number of nitrogens with one attached hydrogen (secondary N) is 1. The zero-order valence-electron chi connectivity index (χ0n) is 12.4. The topological polar surface area (TPSA) is 54.5 Å². The lowest BCUT2D eigenvalue weighted by molar-refractivity contribution is -0.130. The lowest BCUT2D eigenvalue weighted by Crippen LogP contribution is -2.27. The molecule has 5 nitrogen and oxygen atoms in total. The maximum atomic E-state index is 11.6. The number of aryl methyl sites for hydroxylation is 1. The van der Waals surface area contributed by atoms with Crippen molar-refractivity contribution < 1.29 is 9.53 Å². The van der Waals surface area contributed by atoms with Crippen LogP contribution in [-0.2, 0) is 11.3 Å². The minimum absolute atomic E-state index is 0.0420. The zero-order valence-corrected chi connectivity index (χ0v) is 13.2. The molecule has 0 bridgehead atoms. The maximum absolute atomic E-state index is 11.6. The maximum Gasteiger partial charge on any atom is 0.259 e. The van der Waals surface area contributed by atoms with Crippen molar-refractivity contribution in [1.82, 2.24) is 9.88 Å². The van der Waals surface area contributed by atoms with Crippen LogP contribution in [0, 0.1) is 6.92 Å². The molecule has 0 saturated carbocycles. The minimum Gasteiger partial charge on any atom is -0.483 e. The van der Waals surface area contributed by atoms with Crippen LogP contribution in [0.5, 0.6) is 5.75 Å².